The van der Waals surface area contributed by atoms with Gasteiger partial charge in [0.25, 0.3) is 6.47 Å². The molecule has 3 nitrogen and oxygen atoms in total. The molecule has 42 valence electrons. The van der Waals surface area contributed by atoms with Gasteiger partial charge in [-0.25, -0.2) is 0 Å². The van der Waals surface area contributed by atoms with Crippen LogP contribution in [0.3, 0.4) is 0 Å². The fraction of sp³-hybridized carbons (Fsp3) is 0.750. The molecule has 0 aliphatic heterocycles. The molecule has 3 heteroatoms. The predicted octanol–water partition coefficient (Wildman–Crippen LogP) is -0.275. The summed E-state index contributed by atoms with van der Waals surface area (Å²) in [5, 5.41) is 2.71. The van der Waals surface area contributed by atoms with Gasteiger partial charge in [0.1, 0.15) is 6.23 Å². The van der Waals surface area contributed by atoms with Crippen molar-refractivity contribution in [1.29, 1.82) is 0 Å². The summed E-state index contributed by atoms with van der Waals surface area (Å²) >= 11 is 0. The van der Waals surface area contributed by atoms with Crippen LogP contribution in [-0.4, -0.2) is 19.7 Å². The molecule has 0 amide bonds. The molecule has 0 saturated heterocycles. The van der Waals surface area contributed by atoms with Crippen LogP contribution in [0.4, 0.5) is 0 Å². The van der Waals surface area contributed by atoms with Gasteiger partial charge in [-0.2, -0.15) is 0 Å². The van der Waals surface area contributed by atoms with Crippen molar-refractivity contribution in [3.05, 3.63) is 0 Å². The molecule has 0 spiro atoms. The number of carbonyl (C=O) groups excluding carboxylic acids is 1. The van der Waals surface area contributed by atoms with Gasteiger partial charge in [0.15, 0.2) is 0 Å². The zero-order chi connectivity index (χ0) is 5.70. The minimum atomic E-state index is -0.169. The molecule has 0 radical (unpaired) electrons. The summed E-state index contributed by atoms with van der Waals surface area (Å²) in [4.78, 5) is 9.51. The smallest absolute Gasteiger partial charge is 0.294 e. The number of nitrogens with one attached hydrogen (secondary N) is 1. The Balaban J connectivity index is 2.98. The van der Waals surface area contributed by atoms with Gasteiger partial charge in [-0.05, 0) is 14.0 Å². The Morgan fingerprint density at radius 2 is 2.43 bits per heavy atom. The molecule has 0 aromatic heterocycles. The van der Waals surface area contributed by atoms with E-state index in [4.69, 9.17) is 0 Å². The van der Waals surface area contributed by atoms with Gasteiger partial charge in [-0.1, -0.05) is 0 Å². The average Bonchev–Trinajstić information content (AvgIpc) is 1.68. The highest BCUT2D eigenvalue weighted by atomic mass is 16.5. The molecule has 0 aliphatic carbocycles. The first-order valence-electron chi connectivity index (χ1n) is 2.07. The number of rotatable bonds is 3. The molecule has 0 rings (SSSR count). The second-order valence-corrected chi connectivity index (χ2v) is 1.16. The Labute approximate surface area is 42.7 Å². The van der Waals surface area contributed by atoms with Crippen molar-refractivity contribution in [1.82, 2.24) is 5.32 Å². The summed E-state index contributed by atoms with van der Waals surface area (Å²) in [5.74, 6) is 0. The van der Waals surface area contributed by atoms with E-state index in [1.165, 1.54) is 0 Å². The van der Waals surface area contributed by atoms with Gasteiger partial charge in [-0.3, -0.25) is 10.1 Å². The molecule has 0 saturated carbocycles. The van der Waals surface area contributed by atoms with Crippen LogP contribution in [0.25, 0.3) is 0 Å². The minimum absolute atomic E-state index is 0.169. The number of hydrogen-bond donors (Lipinski definition) is 1. The minimum Gasteiger partial charge on any atom is -0.449 e. The maximum Gasteiger partial charge on any atom is 0.294 e. The Hall–Kier alpha value is -0.570. The molecule has 7 heavy (non-hydrogen) atoms. The Bertz CT molecular complexity index is 55.7. The topological polar surface area (TPSA) is 38.3 Å². The standard InChI is InChI=1S/C4H9NO2/c1-4(5-2)7-3-6/h3-5H,1-2H3. The summed E-state index contributed by atoms with van der Waals surface area (Å²) in [7, 11) is 1.72. The summed E-state index contributed by atoms with van der Waals surface area (Å²) in [6.07, 6.45) is -0.169. The molecular weight excluding hydrogens is 94.0 g/mol. The van der Waals surface area contributed by atoms with Crippen molar-refractivity contribution in [2.75, 3.05) is 7.05 Å². The highest BCUT2D eigenvalue weighted by Gasteiger charge is 1.90. The normalized spacial score (nSPS) is 12.9. The molecule has 0 heterocycles. The molecule has 1 unspecified atom stereocenters. The monoisotopic (exact) mass is 103 g/mol. The van der Waals surface area contributed by atoms with E-state index in [0.29, 0.717) is 6.47 Å². The second-order valence-electron chi connectivity index (χ2n) is 1.16. The van der Waals surface area contributed by atoms with Crippen molar-refractivity contribution in [2.24, 2.45) is 0 Å². The SMILES string of the molecule is CNC(C)OC=O. The van der Waals surface area contributed by atoms with Crippen LogP contribution in [-0.2, 0) is 9.53 Å². The maximum atomic E-state index is 9.51. The van der Waals surface area contributed by atoms with Crippen molar-refractivity contribution in [3.8, 4) is 0 Å². The summed E-state index contributed by atoms with van der Waals surface area (Å²) in [6, 6.07) is 0. The first kappa shape index (κ1) is 6.43. The fourth-order valence-electron chi connectivity index (χ4n) is 0.151. The highest BCUT2D eigenvalue weighted by molar-refractivity contribution is 5.37. The van der Waals surface area contributed by atoms with Gasteiger partial charge in [0.2, 0.25) is 0 Å². The molecule has 0 aliphatic rings. The Morgan fingerprint density at radius 1 is 1.86 bits per heavy atom. The van der Waals surface area contributed by atoms with Gasteiger partial charge in [0.05, 0.1) is 0 Å². The zero-order valence-electron chi connectivity index (χ0n) is 4.47. The van der Waals surface area contributed by atoms with Gasteiger partial charge >= 0.3 is 0 Å². The summed E-state index contributed by atoms with van der Waals surface area (Å²) in [5.41, 5.74) is 0. The van der Waals surface area contributed by atoms with E-state index in [1.54, 1.807) is 14.0 Å². The quantitative estimate of drug-likeness (QED) is 0.394. The van der Waals surface area contributed by atoms with Crippen LogP contribution in [0.15, 0.2) is 0 Å². The van der Waals surface area contributed by atoms with Gasteiger partial charge in [0, 0.05) is 0 Å². The molecule has 0 aromatic rings. The van der Waals surface area contributed by atoms with Crippen molar-refractivity contribution >= 4 is 6.47 Å². The lowest BCUT2D eigenvalue weighted by atomic mass is 10.7. The van der Waals surface area contributed by atoms with E-state index < -0.39 is 0 Å². The summed E-state index contributed by atoms with van der Waals surface area (Å²) < 4.78 is 4.40. The van der Waals surface area contributed by atoms with E-state index in [9.17, 15) is 4.79 Å². The van der Waals surface area contributed by atoms with Crippen LogP contribution in [0, 0.1) is 0 Å². The fourth-order valence-corrected chi connectivity index (χ4v) is 0.151. The lowest BCUT2D eigenvalue weighted by Crippen LogP contribution is -2.23. The highest BCUT2D eigenvalue weighted by Crippen LogP contribution is 1.74. The largest absolute Gasteiger partial charge is 0.449 e. The second kappa shape index (κ2) is 3.61. The zero-order valence-corrected chi connectivity index (χ0v) is 4.47. The van der Waals surface area contributed by atoms with Crippen LogP contribution in [0.5, 0.6) is 0 Å². The number of ether oxygens (including phenoxy) is 1. The molecule has 0 fully saturated rings. The average molecular weight is 103 g/mol. The van der Waals surface area contributed by atoms with E-state index in [0.717, 1.165) is 0 Å². The molecule has 0 aromatic carbocycles. The lowest BCUT2D eigenvalue weighted by Gasteiger charge is -2.04. The third-order valence-corrected chi connectivity index (χ3v) is 0.666. The van der Waals surface area contributed by atoms with Gasteiger partial charge in [-0.15, -0.1) is 0 Å². The predicted molar refractivity (Wildman–Crippen MR) is 25.7 cm³/mol. The Morgan fingerprint density at radius 3 is 2.57 bits per heavy atom. The van der Waals surface area contributed by atoms with E-state index in [-0.39, 0.29) is 6.23 Å². The first-order valence-corrected chi connectivity index (χ1v) is 2.07. The van der Waals surface area contributed by atoms with Crippen molar-refractivity contribution in [2.45, 2.75) is 13.2 Å². The molecule has 1 N–H and O–H groups in total. The lowest BCUT2D eigenvalue weighted by molar-refractivity contribution is -0.133. The molecule has 1 atom stereocenters. The van der Waals surface area contributed by atoms with E-state index in [1.807, 2.05) is 0 Å². The number of hydrogen-bond acceptors (Lipinski definition) is 3. The maximum absolute atomic E-state index is 9.51. The third-order valence-electron chi connectivity index (χ3n) is 0.666. The summed E-state index contributed by atoms with van der Waals surface area (Å²) in [6.45, 7) is 2.16. The Kier molecular flexibility index (Phi) is 3.32. The van der Waals surface area contributed by atoms with E-state index in [2.05, 4.69) is 10.1 Å². The van der Waals surface area contributed by atoms with E-state index >= 15 is 0 Å². The van der Waals surface area contributed by atoms with Gasteiger partial charge < -0.3 is 4.74 Å². The first-order chi connectivity index (χ1) is 3.31. The van der Waals surface area contributed by atoms with Crippen LogP contribution in [0.2, 0.25) is 0 Å². The van der Waals surface area contributed by atoms with Crippen LogP contribution < -0.4 is 5.32 Å². The number of carbonyl (C=O) groups is 1. The third kappa shape index (κ3) is 3.26. The van der Waals surface area contributed by atoms with Crippen molar-refractivity contribution in [3.63, 3.8) is 0 Å². The van der Waals surface area contributed by atoms with Crippen molar-refractivity contribution < 1.29 is 9.53 Å². The van der Waals surface area contributed by atoms with Crippen LogP contribution in [0.1, 0.15) is 6.92 Å². The van der Waals surface area contributed by atoms with Crippen LogP contribution >= 0.6 is 0 Å². The molecule has 0 bridgehead atoms. The molecular formula is C4H9NO2.